The first kappa shape index (κ1) is 18.6. The molecule has 0 aliphatic carbocycles. The Morgan fingerprint density at radius 3 is 2.71 bits per heavy atom. The molecule has 1 aliphatic rings. The van der Waals surface area contributed by atoms with Gasteiger partial charge in [-0.3, -0.25) is 4.90 Å². The predicted octanol–water partition coefficient (Wildman–Crippen LogP) is 3.96. The number of alkyl halides is 3. The summed E-state index contributed by atoms with van der Waals surface area (Å²) in [4.78, 5) is 2.14. The van der Waals surface area contributed by atoms with Gasteiger partial charge in [0, 0.05) is 24.2 Å². The number of likely N-dealkylation sites (N-methyl/N-ethyl adjacent to an activating group) is 1. The van der Waals surface area contributed by atoms with Gasteiger partial charge in [0.25, 0.3) is 0 Å². The zero-order valence-corrected chi connectivity index (χ0v) is 13.3. The van der Waals surface area contributed by atoms with Crippen molar-refractivity contribution in [2.75, 3.05) is 20.1 Å². The summed E-state index contributed by atoms with van der Waals surface area (Å²) in [7, 11) is 1.91. The van der Waals surface area contributed by atoms with Gasteiger partial charge in [-0.15, -0.1) is 12.4 Å². The van der Waals surface area contributed by atoms with Gasteiger partial charge in [0.2, 0.25) is 0 Å². The molecule has 1 aromatic carbocycles. The van der Waals surface area contributed by atoms with E-state index < -0.39 is 11.7 Å². The molecule has 2 rings (SSSR count). The second-order valence-electron chi connectivity index (χ2n) is 5.17. The Hall–Kier alpha value is -0.490. The predicted molar refractivity (Wildman–Crippen MR) is 81.1 cm³/mol. The number of hydrogen-bond acceptors (Lipinski definition) is 2. The molecule has 0 saturated carbocycles. The fraction of sp³-hybridized carbons (Fsp3) is 0.571. The molecule has 0 amide bonds. The number of nitrogens with zero attached hydrogens (tertiary/aromatic N) is 1. The molecule has 1 unspecified atom stereocenters. The number of likely N-dealkylation sites (tertiary alicyclic amines) is 1. The van der Waals surface area contributed by atoms with Crippen LogP contribution in [0, 0.1) is 0 Å². The number of rotatable bonds is 3. The molecule has 1 fully saturated rings. The SMILES string of the molecule is CNC1CCCN(Cc2cc(C(F)(F)F)ccc2Cl)C1.Cl. The van der Waals surface area contributed by atoms with Gasteiger partial charge in [0.1, 0.15) is 0 Å². The molecular formula is C14H19Cl2F3N2. The molecule has 1 saturated heterocycles. The Labute approximate surface area is 134 Å². The average Bonchev–Trinajstić information content (AvgIpc) is 2.40. The summed E-state index contributed by atoms with van der Waals surface area (Å²) < 4.78 is 38.2. The monoisotopic (exact) mass is 342 g/mol. The van der Waals surface area contributed by atoms with E-state index in [4.69, 9.17) is 11.6 Å². The molecule has 1 aromatic rings. The summed E-state index contributed by atoms with van der Waals surface area (Å²) in [5.41, 5.74) is -0.0997. The van der Waals surface area contributed by atoms with E-state index in [1.807, 2.05) is 7.05 Å². The molecule has 1 aliphatic heterocycles. The van der Waals surface area contributed by atoms with Gasteiger partial charge in [-0.2, -0.15) is 13.2 Å². The van der Waals surface area contributed by atoms with Crippen molar-refractivity contribution in [3.63, 3.8) is 0 Å². The molecule has 120 valence electrons. The van der Waals surface area contributed by atoms with E-state index >= 15 is 0 Å². The molecule has 21 heavy (non-hydrogen) atoms. The van der Waals surface area contributed by atoms with Gasteiger partial charge in [0.05, 0.1) is 5.56 Å². The van der Waals surface area contributed by atoms with E-state index in [9.17, 15) is 13.2 Å². The molecule has 7 heteroatoms. The average molecular weight is 343 g/mol. The molecule has 1 N–H and O–H groups in total. The largest absolute Gasteiger partial charge is 0.416 e. The van der Waals surface area contributed by atoms with E-state index in [-0.39, 0.29) is 12.4 Å². The Morgan fingerprint density at radius 1 is 1.38 bits per heavy atom. The lowest BCUT2D eigenvalue weighted by molar-refractivity contribution is -0.137. The van der Waals surface area contributed by atoms with Crippen LogP contribution < -0.4 is 5.32 Å². The highest BCUT2D eigenvalue weighted by Crippen LogP contribution is 2.32. The van der Waals surface area contributed by atoms with Crippen LogP contribution in [0.25, 0.3) is 0 Å². The summed E-state index contributed by atoms with van der Waals surface area (Å²) in [6.45, 7) is 2.19. The lowest BCUT2D eigenvalue weighted by Gasteiger charge is -2.32. The first-order valence-electron chi connectivity index (χ1n) is 6.65. The molecule has 0 radical (unpaired) electrons. The van der Waals surface area contributed by atoms with Crippen molar-refractivity contribution in [1.82, 2.24) is 10.2 Å². The van der Waals surface area contributed by atoms with Crippen LogP contribution in [0.1, 0.15) is 24.0 Å². The third-order valence-corrected chi connectivity index (χ3v) is 4.05. The van der Waals surface area contributed by atoms with Crippen molar-refractivity contribution in [2.24, 2.45) is 0 Å². The van der Waals surface area contributed by atoms with Crippen LogP contribution in [-0.2, 0) is 12.7 Å². The van der Waals surface area contributed by atoms with E-state index in [1.165, 1.54) is 6.07 Å². The minimum Gasteiger partial charge on any atom is -0.316 e. The van der Waals surface area contributed by atoms with Crippen molar-refractivity contribution >= 4 is 24.0 Å². The standard InChI is InChI=1S/C14H18ClF3N2.ClH/c1-19-12-3-2-6-20(9-12)8-10-7-11(14(16,17)18)4-5-13(10)15;/h4-5,7,12,19H,2-3,6,8-9H2,1H3;1H. The fourth-order valence-corrected chi connectivity index (χ4v) is 2.73. The topological polar surface area (TPSA) is 15.3 Å². The maximum absolute atomic E-state index is 12.7. The van der Waals surface area contributed by atoms with Gasteiger partial charge in [-0.25, -0.2) is 0 Å². The highest BCUT2D eigenvalue weighted by atomic mass is 35.5. The van der Waals surface area contributed by atoms with Crippen LogP contribution in [0.4, 0.5) is 13.2 Å². The number of piperidine rings is 1. The number of halogens is 5. The fourth-order valence-electron chi connectivity index (χ4n) is 2.55. The Balaban J connectivity index is 0.00000220. The molecule has 1 heterocycles. The van der Waals surface area contributed by atoms with Crippen LogP contribution in [0.3, 0.4) is 0 Å². The summed E-state index contributed by atoms with van der Waals surface area (Å²) in [6, 6.07) is 3.91. The van der Waals surface area contributed by atoms with Crippen LogP contribution in [0.5, 0.6) is 0 Å². The van der Waals surface area contributed by atoms with Gasteiger partial charge < -0.3 is 5.32 Å². The Bertz CT molecular complexity index is 466. The van der Waals surface area contributed by atoms with Crippen molar-refractivity contribution in [3.05, 3.63) is 34.3 Å². The smallest absolute Gasteiger partial charge is 0.316 e. The van der Waals surface area contributed by atoms with Gasteiger partial charge in [-0.1, -0.05) is 11.6 Å². The molecule has 2 nitrogen and oxygen atoms in total. The summed E-state index contributed by atoms with van der Waals surface area (Å²) >= 11 is 6.03. The summed E-state index contributed by atoms with van der Waals surface area (Å²) in [5, 5.41) is 3.61. The second kappa shape index (κ2) is 7.68. The normalized spacial score (nSPS) is 20.1. The van der Waals surface area contributed by atoms with Crippen molar-refractivity contribution in [3.8, 4) is 0 Å². The summed E-state index contributed by atoms with van der Waals surface area (Å²) in [5.74, 6) is 0. The molecule has 0 aromatic heterocycles. The third kappa shape index (κ3) is 5.02. The maximum Gasteiger partial charge on any atom is 0.416 e. The number of benzene rings is 1. The molecule has 0 spiro atoms. The van der Waals surface area contributed by atoms with Gasteiger partial charge in [-0.05, 0) is 50.2 Å². The van der Waals surface area contributed by atoms with Crippen LogP contribution in [0.15, 0.2) is 18.2 Å². The van der Waals surface area contributed by atoms with E-state index in [2.05, 4.69) is 10.2 Å². The first-order chi connectivity index (χ1) is 9.40. The Kier molecular flexibility index (Phi) is 6.78. The maximum atomic E-state index is 12.7. The third-order valence-electron chi connectivity index (χ3n) is 3.68. The van der Waals surface area contributed by atoms with E-state index in [1.54, 1.807) is 0 Å². The van der Waals surface area contributed by atoms with E-state index in [0.29, 0.717) is 23.2 Å². The number of hydrogen-bond donors (Lipinski definition) is 1. The minimum absolute atomic E-state index is 0. The molecule has 0 bridgehead atoms. The van der Waals surface area contributed by atoms with Gasteiger partial charge >= 0.3 is 6.18 Å². The van der Waals surface area contributed by atoms with Crippen LogP contribution in [0.2, 0.25) is 5.02 Å². The van der Waals surface area contributed by atoms with Gasteiger partial charge in [0.15, 0.2) is 0 Å². The van der Waals surface area contributed by atoms with Crippen LogP contribution >= 0.6 is 24.0 Å². The van der Waals surface area contributed by atoms with Crippen molar-refractivity contribution in [1.29, 1.82) is 0 Å². The lowest BCUT2D eigenvalue weighted by atomic mass is 10.0. The molecule has 1 atom stereocenters. The highest BCUT2D eigenvalue weighted by Gasteiger charge is 2.31. The van der Waals surface area contributed by atoms with Crippen LogP contribution in [-0.4, -0.2) is 31.1 Å². The highest BCUT2D eigenvalue weighted by molar-refractivity contribution is 6.31. The quantitative estimate of drug-likeness (QED) is 0.894. The van der Waals surface area contributed by atoms with Crippen molar-refractivity contribution in [2.45, 2.75) is 31.6 Å². The zero-order chi connectivity index (χ0) is 14.8. The zero-order valence-electron chi connectivity index (χ0n) is 11.7. The molecular weight excluding hydrogens is 324 g/mol. The number of nitrogens with one attached hydrogen (secondary N) is 1. The van der Waals surface area contributed by atoms with Crippen molar-refractivity contribution < 1.29 is 13.2 Å². The van der Waals surface area contributed by atoms with E-state index in [0.717, 1.165) is 38.1 Å². The Morgan fingerprint density at radius 2 is 2.10 bits per heavy atom. The second-order valence-corrected chi connectivity index (χ2v) is 5.57. The first-order valence-corrected chi connectivity index (χ1v) is 7.03. The minimum atomic E-state index is -4.32. The summed E-state index contributed by atoms with van der Waals surface area (Å²) in [6.07, 6.45) is -2.18. The lowest BCUT2D eigenvalue weighted by Crippen LogP contribution is -2.43.